The van der Waals surface area contributed by atoms with E-state index in [1.807, 2.05) is 44.2 Å². The standard InChI is InChI=1S/C22H24N4O3/c1-15(2)26-18-12-7-6-11-17(18)20(22(26)29)25-24-19(27)13-8-14-23-21(28)16-9-4-3-5-10-16/h3-7,9-12,15,29H,8,13-14H2,1-2H3,(H,23,28). The summed E-state index contributed by atoms with van der Waals surface area (Å²) < 4.78 is 1.76. The average Bonchev–Trinajstić information content (AvgIpc) is 3.01. The van der Waals surface area contributed by atoms with Crippen LogP contribution in [0.1, 0.15) is 43.1 Å². The Morgan fingerprint density at radius 2 is 1.76 bits per heavy atom. The van der Waals surface area contributed by atoms with Crippen LogP contribution in [0.4, 0.5) is 5.69 Å². The molecule has 0 saturated carbocycles. The van der Waals surface area contributed by atoms with Crippen LogP contribution in [-0.2, 0) is 4.79 Å². The number of aromatic nitrogens is 1. The molecule has 29 heavy (non-hydrogen) atoms. The van der Waals surface area contributed by atoms with Crippen LogP contribution >= 0.6 is 0 Å². The summed E-state index contributed by atoms with van der Waals surface area (Å²) in [7, 11) is 0. The minimum absolute atomic E-state index is 0.00660. The van der Waals surface area contributed by atoms with Crippen LogP contribution in [0.5, 0.6) is 5.88 Å². The Morgan fingerprint density at radius 3 is 2.48 bits per heavy atom. The molecule has 0 saturated heterocycles. The van der Waals surface area contributed by atoms with Crippen molar-refractivity contribution in [3.63, 3.8) is 0 Å². The highest BCUT2D eigenvalue weighted by Gasteiger charge is 2.18. The van der Waals surface area contributed by atoms with E-state index in [-0.39, 0.29) is 24.2 Å². The molecule has 2 N–H and O–H groups in total. The van der Waals surface area contributed by atoms with E-state index in [2.05, 4.69) is 15.5 Å². The van der Waals surface area contributed by atoms with Crippen molar-refractivity contribution >= 4 is 28.4 Å². The van der Waals surface area contributed by atoms with Gasteiger partial charge >= 0.3 is 0 Å². The zero-order valence-corrected chi connectivity index (χ0v) is 16.5. The number of carbonyl (C=O) groups excluding carboxylic acids is 2. The number of hydrogen-bond acceptors (Lipinski definition) is 4. The van der Waals surface area contributed by atoms with E-state index in [1.54, 1.807) is 28.8 Å². The lowest BCUT2D eigenvalue weighted by molar-refractivity contribution is -0.118. The number of aromatic hydroxyl groups is 1. The average molecular weight is 392 g/mol. The van der Waals surface area contributed by atoms with Gasteiger partial charge in [0.05, 0.1) is 5.52 Å². The maximum absolute atomic E-state index is 12.1. The van der Waals surface area contributed by atoms with E-state index in [0.29, 0.717) is 24.2 Å². The first kappa shape index (κ1) is 20.3. The topological polar surface area (TPSA) is 96.0 Å². The number of rotatable bonds is 7. The second-order valence-electron chi connectivity index (χ2n) is 6.97. The highest BCUT2D eigenvalue weighted by molar-refractivity contribution is 5.95. The first-order valence-electron chi connectivity index (χ1n) is 9.58. The second-order valence-corrected chi connectivity index (χ2v) is 6.97. The van der Waals surface area contributed by atoms with Crippen LogP contribution < -0.4 is 5.32 Å². The SMILES string of the molecule is CC(C)n1c(O)c(N=NC(=O)CCCNC(=O)c2ccccc2)c2ccccc21. The molecule has 0 atom stereocenters. The van der Waals surface area contributed by atoms with Gasteiger partial charge in [0.2, 0.25) is 5.88 Å². The first-order valence-corrected chi connectivity index (χ1v) is 9.58. The van der Waals surface area contributed by atoms with Crippen molar-refractivity contribution in [2.24, 2.45) is 10.2 Å². The molecule has 7 nitrogen and oxygen atoms in total. The Kier molecular flexibility index (Phi) is 6.39. The molecule has 0 fully saturated rings. The van der Waals surface area contributed by atoms with Gasteiger partial charge in [-0.1, -0.05) is 36.4 Å². The highest BCUT2D eigenvalue weighted by atomic mass is 16.3. The molecule has 2 aromatic carbocycles. The number of fused-ring (bicyclic) bond motifs is 1. The van der Waals surface area contributed by atoms with E-state index < -0.39 is 5.91 Å². The van der Waals surface area contributed by atoms with E-state index in [1.165, 1.54) is 0 Å². The van der Waals surface area contributed by atoms with E-state index >= 15 is 0 Å². The number of carbonyl (C=O) groups is 2. The maximum atomic E-state index is 12.1. The van der Waals surface area contributed by atoms with Gasteiger partial charge < -0.3 is 15.0 Å². The van der Waals surface area contributed by atoms with Gasteiger partial charge in [0.25, 0.3) is 11.8 Å². The Balaban J connectivity index is 1.59. The summed E-state index contributed by atoms with van der Waals surface area (Å²) in [4.78, 5) is 24.0. The van der Waals surface area contributed by atoms with Gasteiger partial charge in [-0.15, -0.1) is 10.2 Å². The minimum atomic E-state index is -0.403. The third-order valence-corrected chi connectivity index (χ3v) is 4.53. The predicted molar refractivity (Wildman–Crippen MR) is 112 cm³/mol. The monoisotopic (exact) mass is 392 g/mol. The molecular weight excluding hydrogens is 368 g/mol. The van der Waals surface area contributed by atoms with E-state index in [9.17, 15) is 14.7 Å². The molecule has 0 radical (unpaired) electrons. The summed E-state index contributed by atoms with van der Waals surface area (Å²) in [6, 6.07) is 16.4. The molecule has 1 heterocycles. The first-order chi connectivity index (χ1) is 14.0. The van der Waals surface area contributed by atoms with Gasteiger partial charge in [0.1, 0.15) is 0 Å². The quantitative estimate of drug-likeness (QED) is 0.449. The number of para-hydroxylation sites is 1. The van der Waals surface area contributed by atoms with Gasteiger partial charge in [-0.3, -0.25) is 9.59 Å². The summed E-state index contributed by atoms with van der Waals surface area (Å²) in [5.41, 5.74) is 1.71. The summed E-state index contributed by atoms with van der Waals surface area (Å²) in [6.45, 7) is 4.29. The molecule has 1 aromatic heterocycles. The van der Waals surface area contributed by atoms with Crippen molar-refractivity contribution in [2.75, 3.05) is 6.54 Å². The molecule has 150 valence electrons. The van der Waals surface area contributed by atoms with Gasteiger partial charge in [-0.25, -0.2) is 0 Å². The van der Waals surface area contributed by atoms with Crippen molar-refractivity contribution in [3.8, 4) is 5.88 Å². The summed E-state index contributed by atoms with van der Waals surface area (Å²) >= 11 is 0. The van der Waals surface area contributed by atoms with Crippen LogP contribution in [0.25, 0.3) is 10.9 Å². The molecule has 0 bridgehead atoms. The molecule has 7 heteroatoms. The number of hydrogen-bond donors (Lipinski definition) is 2. The van der Waals surface area contributed by atoms with Crippen LogP contribution in [0.3, 0.4) is 0 Å². The Morgan fingerprint density at radius 1 is 1.07 bits per heavy atom. The largest absolute Gasteiger partial charge is 0.493 e. The summed E-state index contributed by atoms with van der Waals surface area (Å²) in [5.74, 6) is -0.585. The molecule has 0 spiro atoms. The number of amides is 2. The highest BCUT2D eigenvalue weighted by Crippen LogP contribution is 2.40. The van der Waals surface area contributed by atoms with Gasteiger partial charge in [-0.2, -0.15) is 0 Å². The Hall–Kier alpha value is -3.48. The molecule has 3 rings (SSSR count). The second kappa shape index (κ2) is 9.14. The van der Waals surface area contributed by atoms with E-state index in [4.69, 9.17) is 0 Å². The summed E-state index contributed by atoms with van der Waals surface area (Å²) in [6.07, 6.45) is 0.609. The molecule has 0 aliphatic heterocycles. The maximum Gasteiger partial charge on any atom is 0.264 e. The molecule has 0 unspecified atom stereocenters. The fourth-order valence-corrected chi connectivity index (χ4v) is 3.14. The minimum Gasteiger partial charge on any atom is -0.493 e. The van der Waals surface area contributed by atoms with Crippen LogP contribution in [-0.4, -0.2) is 28.0 Å². The number of nitrogens with zero attached hydrogens (tertiary/aromatic N) is 3. The molecule has 2 amide bonds. The lowest BCUT2D eigenvalue weighted by Crippen LogP contribution is -2.24. The number of benzene rings is 2. The van der Waals surface area contributed by atoms with E-state index in [0.717, 1.165) is 10.9 Å². The molecular formula is C22H24N4O3. The van der Waals surface area contributed by atoms with Gasteiger partial charge in [0.15, 0.2) is 5.69 Å². The third-order valence-electron chi connectivity index (χ3n) is 4.53. The van der Waals surface area contributed by atoms with Crippen LogP contribution in [0.2, 0.25) is 0 Å². The molecule has 0 aliphatic rings. The number of nitrogens with one attached hydrogen (secondary N) is 1. The van der Waals surface area contributed by atoms with Gasteiger partial charge in [0, 0.05) is 30.0 Å². The molecule has 0 aliphatic carbocycles. The fraction of sp³-hybridized carbons (Fsp3) is 0.273. The fourth-order valence-electron chi connectivity index (χ4n) is 3.14. The Labute approximate surface area is 169 Å². The zero-order chi connectivity index (χ0) is 20.8. The van der Waals surface area contributed by atoms with Gasteiger partial charge in [-0.05, 0) is 38.5 Å². The predicted octanol–water partition coefficient (Wildman–Crippen LogP) is 4.75. The van der Waals surface area contributed by atoms with Crippen molar-refractivity contribution < 1.29 is 14.7 Å². The molecule has 3 aromatic rings. The van der Waals surface area contributed by atoms with Crippen molar-refractivity contribution in [1.29, 1.82) is 0 Å². The van der Waals surface area contributed by atoms with Crippen molar-refractivity contribution in [2.45, 2.75) is 32.7 Å². The number of azo groups is 1. The van der Waals surface area contributed by atoms with Crippen molar-refractivity contribution in [1.82, 2.24) is 9.88 Å². The smallest absolute Gasteiger partial charge is 0.264 e. The summed E-state index contributed by atoms with van der Waals surface area (Å²) in [5, 5.41) is 21.8. The van der Waals surface area contributed by atoms with Crippen LogP contribution in [0.15, 0.2) is 64.8 Å². The Bertz CT molecular complexity index is 1040. The van der Waals surface area contributed by atoms with Crippen molar-refractivity contribution in [3.05, 3.63) is 60.2 Å². The lowest BCUT2D eigenvalue weighted by atomic mass is 10.2. The van der Waals surface area contributed by atoms with Crippen LogP contribution in [0, 0.1) is 0 Å². The normalized spacial score (nSPS) is 11.4. The lowest BCUT2D eigenvalue weighted by Gasteiger charge is -2.10. The zero-order valence-electron chi connectivity index (χ0n) is 16.5. The third kappa shape index (κ3) is 4.68.